The number of nitrogens with two attached hydrogens (primary N) is 1. The third-order valence-electron chi connectivity index (χ3n) is 2.59. The lowest BCUT2D eigenvalue weighted by molar-refractivity contribution is 0.360. The van der Waals surface area contributed by atoms with Crippen LogP contribution in [0.1, 0.15) is 19.8 Å². The Kier molecular flexibility index (Phi) is 4.91. The van der Waals surface area contributed by atoms with E-state index in [2.05, 4.69) is 4.90 Å². The highest BCUT2D eigenvalue weighted by molar-refractivity contribution is 7.85. The van der Waals surface area contributed by atoms with E-state index >= 15 is 0 Å². The molecule has 1 aliphatic rings. The van der Waals surface area contributed by atoms with Crippen LogP contribution in [0, 0.1) is 0 Å². The second kappa shape index (κ2) is 5.73. The van der Waals surface area contributed by atoms with Gasteiger partial charge in [-0.25, -0.2) is 0 Å². The fourth-order valence-electron chi connectivity index (χ4n) is 1.53. The number of nitrogens with zero attached hydrogens (tertiary/aromatic N) is 1. The van der Waals surface area contributed by atoms with Gasteiger partial charge in [-0.05, 0) is 32.9 Å². The number of likely N-dealkylation sites (tertiary alicyclic amines) is 1. The molecular formula is C9H20N2OS. The minimum Gasteiger partial charge on any atom is -0.329 e. The van der Waals surface area contributed by atoms with Gasteiger partial charge in [-0.2, -0.15) is 0 Å². The Hall–Kier alpha value is 0.0700. The molecule has 0 bridgehead atoms. The van der Waals surface area contributed by atoms with E-state index in [9.17, 15) is 4.21 Å². The molecule has 1 heterocycles. The zero-order chi connectivity index (χ0) is 9.68. The molecule has 1 aliphatic heterocycles. The van der Waals surface area contributed by atoms with Crippen LogP contribution in [0.3, 0.4) is 0 Å². The van der Waals surface area contributed by atoms with Crippen molar-refractivity contribution < 1.29 is 4.21 Å². The van der Waals surface area contributed by atoms with E-state index in [4.69, 9.17) is 5.73 Å². The van der Waals surface area contributed by atoms with Gasteiger partial charge in [-0.15, -0.1) is 0 Å². The van der Waals surface area contributed by atoms with Crippen molar-refractivity contribution in [2.24, 2.45) is 5.73 Å². The standard InChI is InChI=1S/C9H20N2OS/c1-9(8-10)13(12)7-6-11-4-2-3-5-11/h9H,2-8,10H2,1H3. The van der Waals surface area contributed by atoms with Gasteiger partial charge in [0.25, 0.3) is 0 Å². The molecule has 2 atom stereocenters. The first-order chi connectivity index (χ1) is 6.24. The Morgan fingerprint density at radius 1 is 1.46 bits per heavy atom. The Morgan fingerprint density at radius 2 is 2.08 bits per heavy atom. The quantitative estimate of drug-likeness (QED) is 0.695. The summed E-state index contributed by atoms with van der Waals surface area (Å²) < 4.78 is 11.5. The Morgan fingerprint density at radius 3 is 2.62 bits per heavy atom. The smallest absolute Gasteiger partial charge is 0.0442 e. The van der Waals surface area contributed by atoms with Crippen molar-refractivity contribution in [1.82, 2.24) is 4.90 Å². The lowest BCUT2D eigenvalue weighted by Gasteiger charge is -2.15. The van der Waals surface area contributed by atoms with Crippen LogP contribution in [0.4, 0.5) is 0 Å². The van der Waals surface area contributed by atoms with Gasteiger partial charge in [0.1, 0.15) is 0 Å². The summed E-state index contributed by atoms with van der Waals surface area (Å²) in [6.45, 7) is 5.85. The normalized spacial score (nSPS) is 23.2. The van der Waals surface area contributed by atoms with Gasteiger partial charge >= 0.3 is 0 Å². The molecule has 1 rings (SSSR count). The molecule has 78 valence electrons. The molecule has 2 N–H and O–H groups in total. The second-order valence-corrected chi connectivity index (χ2v) is 5.65. The molecule has 0 aromatic rings. The van der Waals surface area contributed by atoms with Crippen LogP contribution in [0.25, 0.3) is 0 Å². The molecule has 0 aromatic heterocycles. The molecular weight excluding hydrogens is 184 g/mol. The van der Waals surface area contributed by atoms with E-state index in [0.29, 0.717) is 6.54 Å². The third-order valence-corrected chi connectivity index (χ3v) is 4.26. The minimum absolute atomic E-state index is 0.155. The third kappa shape index (κ3) is 3.75. The fourth-order valence-corrected chi connectivity index (χ4v) is 2.59. The van der Waals surface area contributed by atoms with E-state index in [1.165, 1.54) is 25.9 Å². The Bertz CT molecular complexity index is 169. The Balaban J connectivity index is 2.13. The molecule has 13 heavy (non-hydrogen) atoms. The van der Waals surface area contributed by atoms with Crippen LogP contribution in [-0.2, 0) is 10.8 Å². The Labute approximate surface area is 83.1 Å². The summed E-state index contributed by atoms with van der Waals surface area (Å²) in [5.41, 5.74) is 5.45. The van der Waals surface area contributed by atoms with Crippen molar-refractivity contribution in [2.45, 2.75) is 25.0 Å². The maximum absolute atomic E-state index is 11.5. The van der Waals surface area contributed by atoms with Gasteiger partial charge in [0, 0.05) is 34.9 Å². The fraction of sp³-hybridized carbons (Fsp3) is 1.00. The lowest BCUT2D eigenvalue weighted by Crippen LogP contribution is -2.30. The van der Waals surface area contributed by atoms with E-state index in [1.54, 1.807) is 0 Å². The van der Waals surface area contributed by atoms with E-state index in [0.717, 1.165) is 12.3 Å². The lowest BCUT2D eigenvalue weighted by atomic mass is 10.4. The van der Waals surface area contributed by atoms with Crippen molar-refractivity contribution in [3.63, 3.8) is 0 Å². The average molecular weight is 204 g/mol. The summed E-state index contributed by atoms with van der Waals surface area (Å²) in [5, 5.41) is 0.155. The van der Waals surface area contributed by atoms with Crippen LogP contribution in [0.2, 0.25) is 0 Å². The molecule has 3 nitrogen and oxygen atoms in total. The van der Waals surface area contributed by atoms with Crippen LogP contribution in [-0.4, -0.2) is 46.3 Å². The van der Waals surface area contributed by atoms with Gasteiger partial charge < -0.3 is 10.6 Å². The first-order valence-electron chi connectivity index (χ1n) is 5.03. The average Bonchev–Trinajstić information content (AvgIpc) is 2.65. The van der Waals surface area contributed by atoms with Gasteiger partial charge in [-0.1, -0.05) is 0 Å². The molecule has 4 heteroatoms. The van der Waals surface area contributed by atoms with Crippen LogP contribution in [0.15, 0.2) is 0 Å². The van der Waals surface area contributed by atoms with E-state index < -0.39 is 10.8 Å². The van der Waals surface area contributed by atoms with Gasteiger partial charge in [0.05, 0.1) is 0 Å². The number of hydrogen-bond donors (Lipinski definition) is 1. The summed E-state index contributed by atoms with van der Waals surface area (Å²) in [6.07, 6.45) is 2.61. The van der Waals surface area contributed by atoms with Crippen LogP contribution in [0.5, 0.6) is 0 Å². The highest BCUT2D eigenvalue weighted by Gasteiger charge is 2.14. The van der Waals surface area contributed by atoms with Crippen molar-refractivity contribution >= 4 is 10.8 Å². The topological polar surface area (TPSA) is 46.3 Å². The van der Waals surface area contributed by atoms with Crippen molar-refractivity contribution in [1.29, 1.82) is 0 Å². The monoisotopic (exact) mass is 204 g/mol. The minimum atomic E-state index is -0.727. The second-order valence-electron chi connectivity index (χ2n) is 3.68. The van der Waals surface area contributed by atoms with Crippen LogP contribution >= 0.6 is 0 Å². The SMILES string of the molecule is CC(CN)S(=O)CCN1CCCC1. The van der Waals surface area contributed by atoms with Gasteiger partial charge in [0.15, 0.2) is 0 Å². The maximum atomic E-state index is 11.5. The summed E-state index contributed by atoms with van der Waals surface area (Å²) >= 11 is 0. The predicted octanol–water partition coefficient (Wildman–Crippen LogP) is 0.178. The molecule has 0 spiro atoms. The van der Waals surface area contributed by atoms with E-state index in [1.807, 2.05) is 6.92 Å². The summed E-state index contributed by atoms with van der Waals surface area (Å²) in [4.78, 5) is 2.39. The van der Waals surface area contributed by atoms with Crippen LogP contribution < -0.4 is 5.73 Å². The molecule has 2 unspecified atom stereocenters. The molecule has 0 radical (unpaired) electrons. The predicted molar refractivity (Wildman–Crippen MR) is 57.2 cm³/mol. The first kappa shape index (κ1) is 11.1. The van der Waals surface area contributed by atoms with Gasteiger partial charge in [0.2, 0.25) is 0 Å². The van der Waals surface area contributed by atoms with Crippen molar-refractivity contribution in [2.75, 3.05) is 31.9 Å². The van der Waals surface area contributed by atoms with Gasteiger partial charge in [-0.3, -0.25) is 4.21 Å². The molecule has 1 saturated heterocycles. The van der Waals surface area contributed by atoms with Crippen molar-refractivity contribution in [3.8, 4) is 0 Å². The molecule has 0 aliphatic carbocycles. The number of hydrogen-bond acceptors (Lipinski definition) is 3. The summed E-state index contributed by atoms with van der Waals surface area (Å²) in [7, 11) is -0.727. The largest absolute Gasteiger partial charge is 0.329 e. The summed E-state index contributed by atoms with van der Waals surface area (Å²) in [5.74, 6) is 0.790. The molecule has 0 aromatic carbocycles. The first-order valence-corrected chi connectivity index (χ1v) is 6.42. The summed E-state index contributed by atoms with van der Waals surface area (Å²) in [6, 6.07) is 0. The van der Waals surface area contributed by atoms with Crippen molar-refractivity contribution in [3.05, 3.63) is 0 Å². The molecule has 0 saturated carbocycles. The highest BCUT2D eigenvalue weighted by atomic mass is 32.2. The molecule has 0 amide bonds. The molecule has 1 fully saturated rings. The van der Waals surface area contributed by atoms with E-state index in [-0.39, 0.29) is 5.25 Å². The highest BCUT2D eigenvalue weighted by Crippen LogP contribution is 2.07. The number of rotatable bonds is 5. The zero-order valence-electron chi connectivity index (χ0n) is 8.37. The maximum Gasteiger partial charge on any atom is 0.0442 e. The zero-order valence-corrected chi connectivity index (χ0v) is 9.18.